The van der Waals surface area contributed by atoms with Crippen LogP contribution in [0, 0.1) is 6.92 Å². The van der Waals surface area contributed by atoms with E-state index in [-0.39, 0.29) is 23.1 Å². The number of para-hydroxylation sites is 2. The molecule has 0 saturated heterocycles. The summed E-state index contributed by atoms with van der Waals surface area (Å²) in [5.74, 6) is 0.189. The van der Waals surface area contributed by atoms with Crippen molar-refractivity contribution in [2.24, 2.45) is 12.0 Å². The van der Waals surface area contributed by atoms with E-state index in [2.05, 4.69) is 10.1 Å². The molecule has 0 unspecified atom stereocenters. The summed E-state index contributed by atoms with van der Waals surface area (Å²) < 4.78 is 55.6. The number of ether oxygens (including phenoxy) is 2. The molecule has 2 aromatic heterocycles. The number of hydrogen-bond acceptors (Lipinski definition) is 7. The van der Waals surface area contributed by atoms with Crippen LogP contribution in [0.1, 0.15) is 10.6 Å². The van der Waals surface area contributed by atoms with Crippen LogP contribution in [0.4, 0.5) is 29.3 Å². The van der Waals surface area contributed by atoms with Crippen LogP contribution < -0.4 is 9.77 Å². The first-order valence-corrected chi connectivity index (χ1v) is 9.67. The summed E-state index contributed by atoms with van der Waals surface area (Å²) in [5.41, 5.74) is -0.0380. The summed E-state index contributed by atoms with van der Waals surface area (Å²) in [6.07, 6.45) is -5.17. The number of methoxy groups -OCH3 is 2. The number of halogens is 3. The van der Waals surface area contributed by atoms with E-state index in [1.54, 1.807) is 31.2 Å². The van der Waals surface area contributed by atoms with Crippen molar-refractivity contribution < 1.29 is 31.9 Å². The van der Waals surface area contributed by atoms with Gasteiger partial charge in [-0.3, -0.25) is 9.58 Å². The van der Waals surface area contributed by atoms with Gasteiger partial charge in [0.15, 0.2) is 5.76 Å². The lowest BCUT2D eigenvalue weighted by Gasteiger charge is -2.21. The van der Waals surface area contributed by atoms with Crippen LogP contribution in [-0.2, 0) is 22.7 Å². The lowest BCUT2D eigenvalue weighted by Crippen LogP contribution is -2.32. The zero-order chi connectivity index (χ0) is 22.8. The van der Waals surface area contributed by atoms with Gasteiger partial charge in [-0.2, -0.15) is 18.3 Å². The lowest BCUT2D eigenvalue weighted by molar-refractivity contribution is -0.143. The molecular weight excluding hydrogens is 437 g/mol. The van der Waals surface area contributed by atoms with Crippen LogP contribution in [0.25, 0.3) is 11.5 Å². The van der Waals surface area contributed by atoms with Gasteiger partial charge in [-0.1, -0.05) is 23.5 Å². The van der Waals surface area contributed by atoms with Gasteiger partial charge in [0, 0.05) is 14.2 Å². The number of aromatic nitrogens is 2. The third kappa shape index (κ3) is 4.80. The van der Waals surface area contributed by atoms with Crippen molar-refractivity contribution in [2.75, 3.05) is 25.9 Å². The zero-order valence-corrected chi connectivity index (χ0v) is 17.9. The van der Waals surface area contributed by atoms with Gasteiger partial charge in [0.2, 0.25) is 0 Å². The van der Waals surface area contributed by atoms with E-state index in [4.69, 9.17) is 13.9 Å². The van der Waals surface area contributed by atoms with Gasteiger partial charge < -0.3 is 13.9 Å². The predicted octanol–water partition coefficient (Wildman–Crippen LogP) is 4.48. The van der Waals surface area contributed by atoms with Crippen molar-refractivity contribution in [3.8, 4) is 11.5 Å². The highest BCUT2D eigenvalue weighted by Crippen LogP contribution is 2.34. The molecule has 31 heavy (non-hydrogen) atoms. The van der Waals surface area contributed by atoms with Crippen LogP contribution in [0.2, 0.25) is 0 Å². The lowest BCUT2D eigenvalue weighted by atomic mass is 10.2. The van der Waals surface area contributed by atoms with Crippen molar-refractivity contribution in [1.82, 2.24) is 9.78 Å². The Bertz CT molecular complexity index is 1150. The SMILES string of the molecule is COCN(C(=O)OC)c1ccccc1N=c1oc(-c2cc(C(F)(F)F)n(C)n2)c(C)s1. The van der Waals surface area contributed by atoms with Crippen molar-refractivity contribution in [3.05, 3.63) is 45.8 Å². The smallest absolute Gasteiger partial charge is 0.433 e. The number of alkyl halides is 3. The summed E-state index contributed by atoms with van der Waals surface area (Å²) in [7, 11) is 3.89. The van der Waals surface area contributed by atoms with Crippen LogP contribution in [-0.4, -0.2) is 36.8 Å². The highest BCUT2D eigenvalue weighted by molar-refractivity contribution is 7.09. The molecule has 166 valence electrons. The molecule has 3 aromatic rings. The van der Waals surface area contributed by atoms with Crippen LogP contribution >= 0.6 is 11.3 Å². The van der Waals surface area contributed by atoms with Crippen LogP contribution in [0.5, 0.6) is 0 Å². The molecule has 8 nitrogen and oxygen atoms in total. The van der Waals surface area contributed by atoms with Crippen molar-refractivity contribution >= 4 is 28.8 Å². The van der Waals surface area contributed by atoms with Crippen LogP contribution in [0.15, 0.2) is 39.7 Å². The van der Waals surface area contributed by atoms with E-state index < -0.39 is 18.0 Å². The number of benzene rings is 1. The van der Waals surface area contributed by atoms with Gasteiger partial charge in [0.25, 0.3) is 4.87 Å². The molecule has 12 heteroatoms. The number of rotatable bonds is 5. The third-order valence-electron chi connectivity index (χ3n) is 4.19. The summed E-state index contributed by atoms with van der Waals surface area (Å²) >= 11 is 1.14. The van der Waals surface area contributed by atoms with E-state index in [0.29, 0.717) is 16.3 Å². The van der Waals surface area contributed by atoms with Gasteiger partial charge >= 0.3 is 12.3 Å². The van der Waals surface area contributed by atoms with E-state index in [9.17, 15) is 18.0 Å². The number of carbonyl (C=O) groups is 1. The fourth-order valence-electron chi connectivity index (χ4n) is 2.82. The molecule has 0 aliphatic heterocycles. The van der Waals surface area contributed by atoms with Crippen molar-refractivity contribution in [2.45, 2.75) is 13.1 Å². The highest BCUT2D eigenvalue weighted by atomic mass is 32.1. The third-order valence-corrected chi connectivity index (χ3v) is 5.03. The first-order chi connectivity index (χ1) is 14.7. The topological polar surface area (TPSA) is 82.1 Å². The van der Waals surface area contributed by atoms with E-state index in [0.717, 1.165) is 22.1 Å². The zero-order valence-electron chi connectivity index (χ0n) is 17.1. The Kier molecular flexibility index (Phi) is 6.51. The fourth-order valence-corrected chi connectivity index (χ4v) is 3.59. The van der Waals surface area contributed by atoms with Gasteiger partial charge in [-0.15, -0.1) is 0 Å². The summed E-state index contributed by atoms with van der Waals surface area (Å²) in [6, 6.07) is 7.68. The number of anilines is 1. The Hall–Kier alpha value is -3.12. The van der Waals surface area contributed by atoms with Gasteiger partial charge in [-0.05, 0) is 25.1 Å². The molecule has 0 radical (unpaired) electrons. The largest absolute Gasteiger partial charge is 0.452 e. The number of nitrogens with zero attached hydrogens (tertiary/aromatic N) is 4. The van der Waals surface area contributed by atoms with Crippen LogP contribution in [0.3, 0.4) is 0 Å². The minimum Gasteiger partial charge on any atom is -0.452 e. The standard InChI is InChI=1S/C19H19F3N4O4S/c1-11-16(13-9-15(19(20,21)22)25(2)24-13)30-17(31-11)23-12-7-5-6-8-14(12)26(10-28-3)18(27)29-4/h5-9H,10H2,1-4H3. The normalized spacial score (nSPS) is 12.3. The highest BCUT2D eigenvalue weighted by Gasteiger charge is 2.35. The number of aryl methyl sites for hydroxylation is 2. The van der Waals surface area contributed by atoms with Crippen molar-refractivity contribution in [3.63, 3.8) is 0 Å². The first-order valence-electron chi connectivity index (χ1n) is 8.86. The van der Waals surface area contributed by atoms with Gasteiger partial charge in [0.1, 0.15) is 18.1 Å². The summed E-state index contributed by atoms with van der Waals surface area (Å²) in [5, 5.41) is 3.91. The molecule has 0 atom stereocenters. The second-order valence-electron chi connectivity index (χ2n) is 6.31. The predicted molar refractivity (Wildman–Crippen MR) is 107 cm³/mol. The molecule has 0 saturated carbocycles. The van der Waals surface area contributed by atoms with E-state index in [1.807, 2.05) is 0 Å². The van der Waals surface area contributed by atoms with Crippen molar-refractivity contribution in [1.29, 1.82) is 0 Å². The molecule has 2 heterocycles. The number of hydrogen-bond donors (Lipinski definition) is 0. The molecule has 0 bridgehead atoms. The van der Waals surface area contributed by atoms with E-state index >= 15 is 0 Å². The maximum atomic E-state index is 13.1. The molecule has 3 rings (SSSR count). The van der Waals surface area contributed by atoms with E-state index in [1.165, 1.54) is 26.2 Å². The molecule has 0 spiro atoms. The molecule has 0 fully saturated rings. The minimum absolute atomic E-state index is 0.0499. The maximum Gasteiger partial charge on any atom is 0.433 e. The molecule has 1 aromatic carbocycles. The Morgan fingerprint density at radius 1 is 1.32 bits per heavy atom. The molecule has 1 amide bonds. The maximum absolute atomic E-state index is 13.1. The average molecular weight is 456 g/mol. The number of amides is 1. The average Bonchev–Trinajstić information content (AvgIpc) is 3.28. The second kappa shape index (κ2) is 8.94. The Labute approximate surface area is 179 Å². The fraction of sp³-hybridized carbons (Fsp3) is 0.316. The molecular formula is C19H19F3N4O4S. The number of carbonyl (C=O) groups excluding carboxylic acids is 1. The van der Waals surface area contributed by atoms with Gasteiger partial charge in [0.05, 0.1) is 23.4 Å². The minimum atomic E-state index is -4.53. The molecule has 0 aliphatic carbocycles. The Morgan fingerprint density at radius 3 is 2.65 bits per heavy atom. The molecule has 0 aliphatic rings. The summed E-state index contributed by atoms with van der Waals surface area (Å²) in [4.78, 5) is 18.6. The second-order valence-corrected chi connectivity index (χ2v) is 7.47. The molecule has 0 N–H and O–H groups in total. The first kappa shape index (κ1) is 22.6. The van der Waals surface area contributed by atoms with Gasteiger partial charge in [-0.25, -0.2) is 9.79 Å². The Morgan fingerprint density at radius 2 is 2.03 bits per heavy atom. The Balaban J connectivity index is 2.05. The monoisotopic (exact) mass is 456 g/mol. The summed E-state index contributed by atoms with van der Waals surface area (Å²) in [6.45, 7) is 1.63. The quantitative estimate of drug-likeness (QED) is 0.529.